The molecule has 2 atom stereocenters. The van der Waals surface area contributed by atoms with Crippen LogP contribution in [0, 0.1) is 11.3 Å². The molecule has 1 rings (SSSR count). The van der Waals surface area contributed by atoms with Crippen molar-refractivity contribution in [1.29, 1.82) is 5.26 Å². The summed E-state index contributed by atoms with van der Waals surface area (Å²) in [6, 6.07) is 2.28. The van der Waals surface area contributed by atoms with E-state index < -0.39 is 15.4 Å². The van der Waals surface area contributed by atoms with Crippen molar-refractivity contribution in [2.45, 2.75) is 44.2 Å². The Morgan fingerprint density at radius 1 is 1.56 bits per heavy atom. The highest BCUT2D eigenvalue weighted by molar-refractivity contribution is 7.91. The molecule has 0 bridgehead atoms. The standard InChI is InChI=1S/C12H23N3O2S/c1-3-12(14,10-13)6-4-7-15(2)11-5-8-18(16,17)9-11/h11H,3-9,14H2,1-2H3. The third-order valence-corrected chi connectivity index (χ3v) is 5.57. The molecule has 0 aliphatic carbocycles. The first-order chi connectivity index (χ1) is 8.32. The molecule has 0 aromatic heterocycles. The van der Waals surface area contributed by atoms with Crippen LogP contribution in [0.4, 0.5) is 0 Å². The van der Waals surface area contributed by atoms with Crippen molar-refractivity contribution in [3.63, 3.8) is 0 Å². The van der Waals surface area contributed by atoms with E-state index in [2.05, 4.69) is 11.0 Å². The average molecular weight is 273 g/mol. The summed E-state index contributed by atoms with van der Waals surface area (Å²) in [6.45, 7) is 2.71. The van der Waals surface area contributed by atoms with Crippen LogP contribution in [-0.4, -0.2) is 50.0 Å². The fraction of sp³-hybridized carbons (Fsp3) is 0.917. The lowest BCUT2D eigenvalue weighted by atomic mass is 9.93. The summed E-state index contributed by atoms with van der Waals surface area (Å²) >= 11 is 0. The van der Waals surface area contributed by atoms with Crippen LogP contribution in [0.5, 0.6) is 0 Å². The minimum Gasteiger partial charge on any atom is -0.313 e. The van der Waals surface area contributed by atoms with Gasteiger partial charge in [-0.1, -0.05) is 6.92 Å². The van der Waals surface area contributed by atoms with Crippen LogP contribution < -0.4 is 5.73 Å². The van der Waals surface area contributed by atoms with Crippen molar-refractivity contribution in [2.24, 2.45) is 5.73 Å². The quantitative estimate of drug-likeness (QED) is 0.762. The van der Waals surface area contributed by atoms with Gasteiger partial charge in [0.05, 0.1) is 17.6 Å². The fourth-order valence-electron chi connectivity index (χ4n) is 2.26. The Bertz CT molecular complexity index is 416. The molecule has 0 aromatic carbocycles. The van der Waals surface area contributed by atoms with Gasteiger partial charge in [-0.15, -0.1) is 0 Å². The Balaban J connectivity index is 2.35. The number of sulfone groups is 1. The van der Waals surface area contributed by atoms with Crippen molar-refractivity contribution in [3.05, 3.63) is 0 Å². The SMILES string of the molecule is CCC(N)(C#N)CCCN(C)C1CCS(=O)(=O)C1. The summed E-state index contributed by atoms with van der Waals surface area (Å²) in [5.74, 6) is 0.569. The number of hydrogen-bond acceptors (Lipinski definition) is 5. The van der Waals surface area contributed by atoms with E-state index in [4.69, 9.17) is 11.0 Å². The van der Waals surface area contributed by atoms with Crippen molar-refractivity contribution < 1.29 is 8.42 Å². The monoisotopic (exact) mass is 273 g/mol. The molecule has 5 nitrogen and oxygen atoms in total. The van der Waals surface area contributed by atoms with Crippen molar-refractivity contribution in [3.8, 4) is 6.07 Å². The molecule has 18 heavy (non-hydrogen) atoms. The summed E-state index contributed by atoms with van der Waals surface area (Å²) < 4.78 is 22.8. The minimum absolute atomic E-state index is 0.130. The lowest BCUT2D eigenvalue weighted by Gasteiger charge is -2.25. The average Bonchev–Trinajstić information content (AvgIpc) is 2.69. The van der Waals surface area contributed by atoms with Crippen LogP contribution >= 0.6 is 0 Å². The van der Waals surface area contributed by atoms with Gasteiger partial charge in [-0.25, -0.2) is 8.42 Å². The van der Waals surface area contributed by atoms with Crippen molar-refractivity contribution >= 4 is 9.84 Å². The molecule has 1 aliphatic heterocycles. The first-order valence-corrected chi connectivity index (χ1v) is 8.25. The highest BCUT2D eigenvalue weighted by Crippen LogP contribution is 2.18. The van der Waals surface area contributed by atoms with Gasteiger partial charge < -0.3 is 10.6 Å². The molecule has 0 radical (unpaired) electrons. The van der Waals surface area contributed by atoms with Gasteiger partial charge in [0.15, 0.2) is 9.84 Å². The molecule has 6 heteroatoms. The van der Waals surface area contributed by atoms with E-state index in [0.29, 0.717) is 18.6 Å². The summed E-state index contributed by atoms with van der Waals surface area (Å²) in [4.78, 5) is 2.08. The first-order valence-electron chi connectivity index (χ1n) is 6.43. The molecule has 104 valence electrons. The van der Waals surface area contributed by atoms with E-state index in [-0.39, 0.29) is 11.8 Å². The van der Waals surface area contributed by atoms with E-state index in [1.54, 1.807) is 0 Å². The van der Waals surface area contributed by atoms with Gasteiger partial charge in [0.25, 0.3) is 0 Å². The maximum atomic E-state index is 11.4. The summed E-state index contributed by atoms with van der Waals surface area (Å²) in [6.07, 6.45) is 2.85. The number of nitrogens with two attached hydrogens (primary N) is 1. The van der Waals surface area contributed by atoms with Crippen LogP contribution in [0.3, 0.4) is 0 Å². The minimum atomic E-state index is -2.82. The molecule has 2 N–H and O–H groups in total. The molecule has 1 fully saturated rings. The van der Waals surface area contributed by atoms with Crippen molar-refractivity contribution in [1.82, 2.24) is 4.90 Å². The number of nitriles is 1. The third kappa shape index (κ3) is 4.23. The predicted molar refractivity (Wildman–Crippen MR) is 71.7 cm³/mol. The maximum absolute atomic E-state index is 11.4. The zero-order chi connectivity index (χ0) is 13.8. The number of hydrogen-bond donors (Lipinski definition) is 1. The van der Waals surface area contributed by atoms with E-state index in [1.807, 2.05) is 14.0 Å². The fourth-order valence-corrected chi connectivity index (χ4v) is 4.07. The molecule has 0 saturated carbocycles. The molecule has 1 heterocycles. The first kappa shape index (κ1) is 15.4. The molecular weight excluding hydrogens is 250 g/mol. The Labute approximate surface area is 110 Å². The highest BCUT2D eigenvalue weighted by atomic mass is 32.2. The second-order valence-electron chi connectivity index (χ2n) is 5.26. The van der Waals surface area contributed by atoms with Crippen LogP contribution in [0.25, 0.3) is 0 Å². The van der Waals surface area contributed by atoms with E-state index >= 15 is 0 Å². The Kier molecular flexibility index (Phi) is 5.14. The largest absolute Gasteiger partial charge is 0.313 e. The van der Waals surface area contributed by atoms with Crippen LogP contribution in [-0.2, 0) is 9.84 Å². The van der Waals surface area contributed by atoms with Gasteiger partial charge in [-0.05, 0) is 39.3 Å². The maximum Gasteiger partial charge on any atom is 0.151 e. The van der Waals surface area contributed by atoms with Crippen LogP contribution in [0.1, 0.15) is 32.6 Å². The molecular formula is C12H23N3O2S. The van der Waals surface area contributed by atoms with Crippen LogP contribution in [0.2, 0.25) is 0 Å². The zero-order valence-electron chi connectivity index (χ0n) is 11.2. The molecule has 0 aromatic rings. The molecule has 0 spiro atoms. The molecule has 1 saturated heterocycles. The number of rotatable bonds is 6. The highest BCUT2D eigenvalue weighted by Gasteiger charge is 2.30. The normalized spacial score (nSPS) is 25.8. The predicted octanol–water partition coefficient (Wildman–Crippen LogP) is 0.517. The molecule has 2 unspecified atom stereocenters. The molecule has 0 amide bonds. The lowest BCUT2D eigenvalue weighted by Crippen LogP contribution is -2.39. The second-order valence-corrected chi connectivity index (χ2v) is 7.49. The van der Waals surface area contributed by atoms with Gasteiger partial charge in [0.2, 0.25) is 0 Å². The summed E-state index contributed by atoms with van der Waals surface area (Å²) in [5, 5.41) is 8.96. The second kappa shape index (κ2) is 6.00. The zero-order valence-corrected chi connectivity index (χ0v) is 12.0. The summed E-state index contributed by atoms with van der Waals surface area (Å²) in [5.41, 5.74) is 5.17. The Morgan fingerprint density at radius 2 is 2.22 bits per heavy atom. The van der Waals surface area contributed by atoms with Crippen molar-refractivity contribution in [2.75, 3.05) is 25.1 Å². The molecule has 1 aliphatic rings. The van der Waals surface area contributed by atoms with Gasteiger partial charge in [0, 0.05) is 6.04 Å². The van der Waals surface area contributed by atoms with Gasteiger partial charge in [-0.3, -0.25) is 0 Å². The van der Waals surface area contributed by atoms with Gasteiger partial charge in [-0.2, -0.15) is 5.26 Å². The number of nitrogens with zero attached hydrogens (tertiary/aromatic N) is 2. The van der Waals surface area contributed by atoms with Gasteiger partial charge in [0.1, 0.15) is 5.54 Å². The topological polar surface area (TPSA) is 87.2 Å². The smallest absolute Gasteiger partial charge is 0.151 e. The van der Waals surface area contributed by atoms with Gasteiger partial charge >= 0.3 is 0 Å². The summed E-state index contributed by atoms with van der Waals surface area (Å²) in [7, 11) is -0.875. The Hall–Kier alpha value is -0.640. The van der Waals surface area contributed by atoms with E-state index in [1.165, 1.54) is 0 Å². The van der Waals surface area contributed by atoms with Crippen LogP contribution in [0.15, 0.2) is 0 Å². The lowest BCUT2D eigenvalue weighted by molar-refractivity contribution is 0.250. The van der Waals surface area contributed by atoms with E-state index in [0.717, 1.165) is 19.4 Å². The van der Waals surface area contributed by atoms with E-state index in [9.17, 15) is 8.42 Å². The third-order valence-electron chi connectivity index (χ3n) is 3.82. The Morgan fingerprint density at radius 3 is 2.67 bits per heavy atom.